The number of hydrogen-bond donors (Lipinski definition) is 2. The van der Waals surface area contributed by atoms with Crippen molar-refractivity contribution in [3.05, 3.63) is 63.1 Å². The number of ketones is 1. The molecule has 2 heterocycles. The largest absolute Gasteiger partial charge is 0.369 e. The zero-order valence-electron chi connectivity index (χ0n) is 14.8. The van der Waals surface area contributed by atoms with Gasteiger partial charge in [-0.2, -0.15) is 0 Å². The van der Waals surface area contributed by atoms with Crippen molar-refractivity contribution >= 4 is 23.2 Å². The minimum Gasteiger partial charge on any atom is -0.369 e. The van der Waals surface area contributed by atoms with Crippen LogP contribution in [-0.4, -0.2) is 33.1 Å². The van der Waals surface area contributed by atoms with Crippen LogP contribution in [0.1, 0.15) is 36.1 Å². The number of nitrogens with zero attached hydrogens (tertiary/aromatic N) is 2. The van der Waals surface area contributed by atoms with Gasteiger partial charge >= 0.3 is 0 Å². The van der Waals surface area contributed by atoms with Gasteiger partial charge in [0.05, 0.1) is 18.7 Å². The second-order valence-electron chi connectivity index (χ2n) is 6.86. The highest BCUT2D eigenvalue weighted by Gasteiger charge is 2.29. The molecule has 0 saturated heterocycles. The lowest BCUT2D eigenvalue weighted by molar-refractivity contribution is -0.132. The van der Waals surface area contributed by atoms with E-state index in [0.717, 1.165) is 11.1 Å². The first kappa shape index (κ1) is 17.2. The first-order valence-electron chi connectivity index (χ1n) is 8.99. The summed E-state index contributed by atoms with van der Waals surface area (Å²) in [6.45, 7) is 0.674. The van der Waals surface area contributed by atoms with Gasteiger partial charge in [-0.1, -0.05) is 30.3 Å². The number of carbonyl (C=O) groups is 2. The van der Waals surface area contributed by atoms with Crippen LogP contribution in [0, 0.1) is 0 Å². The summed E-state index contributed by atoms with van der Waals surface area (Å²) in [6.07, 6.45) is 1.63. The monoisotopic (exact) mass is 364 g/mol. The Morgan fingerprint density at radius 3 is 2.70 bits per heavy atom. The molecule has 27 heavy (non-hydrogen) atoms. The highest BCUT2D eigenvalue weighted by molar-refractivity contribution is 6.10. The Bertz CT molecular complexity index is 1010. The van der Waals surface area contributed by atoms with Gasteiger partial charge in [0, 0.05) is 24.1 Å². The Hall–Kier alpha value is -3.22. The summed E-state index contributed by atoms with van der Waals surface area (Å²) in [4.78, 5) is 45.5. The Balaban J connectivity index is 1.57. The maximum atomic E-state index is 12.9. The molecular weight excluding hydrogens is 344 g/mol. The molecule has 0 fully saturated rings. The van der Waals surface area contributed by atoms with Crippen LogP contribution < -0.4 is 11.3 Å². The summed E-state index contributed by atoms with van der Waals surface area (Å²) in [6, 6.07) is 9.72. The van der Waals surface area contributed by atoms with Crippen molar-refractivity contribution in [2.75, 3.05) is 12.3 Å². The zero-order valence-corrected chi connectivity index (χ0v) is 14.8. The average molecular weight is 364 g/mol. The predicted octanol–water partition coefficient (Wildman–Crippen LogP) is 1.44. The van der Waals surface area contributed by atoms with E-state index in [1.807, 2.05) is 30.3 Å². The van der Waals surface area contributed by atoms with Crippen LogP contribution in [0.2, 0.25) is 0 Å². The van der Waals surface area contributed by atoms with Crippen LogP contribution in [0.15, 0.2) is 40.7 Å². The number of aromatic amines is 1. The molecular formula is C20H20N4O3. The molecule has 4 rings (SSSR count). The van der Waals surface area contributed by atoms with Crippen molar-refractivity contribution < 1.29 is 9.59 Å². The van der Waals surface area contributed by atoms with Crippen LogP contribution in [0.4, 0.5) is 5.95 Å². The average Bonchev–Trinajstić information content (AvgIpc) is 3.02. The molecule has 1 aliphatic carbocycles. The Morgan fingerprint density at radius 2 is 1.93 bits per heavy atom. The van der Waals surface area contributed by atoms with Crippen molar-refractivity contribution in [3.63, 3.8) is 0 Å². The third-order valence-corrected chi connectivity index (χ3v) is 5.20. The second-order valence-corrected chi connectivity index (χ2v) is 6.86. The molecule has 7 heteroatoms. The number of nitrogen functional groups attached to an aromatic ring is 1. The lowest BCUT2D eigenvalue weighted by Gasteiger charge is -2.28. The maximum Gasteiger partial charge on any atom is 0.255 e. The molecule has 1 amide bonds. The van der Waals surface area contributed by atoms with Crippen molar-refractivity contribution in [1.29, 1.82) is 0 Å². The highest BCUT2D eigenvalue weighted by Crippen LogP contribution is 2.33. The number of nitrogens with two attached hydrogens (primary N) is 1. The Morgan fingerprint density at radius 1 is 1.15 bits per heavy atom. The van der Waals surface area contributed by atoms with Crippen LogP contribution in [-0.2, 0) is 22.6 Å². The van der Waals surface area contributed by atoms with Crippen molar-refractivity contribution in [2.24, 2.45) is 0 Å². The summed E-state index contributed by atoms with van der Waals surface area (Å²) < 4.78 is 0. The SMILES string of the molecule is Nc1nc2c(c(=O)[nH]1)CCN(C(=O)CC1=C(c3ccccc3)CCC1=O)C2. The summed E-state index contributed by atoms with van der Waals surface area (Å²) in [5, 5.41) is 0. The molecule has 0 unspecified atom stereocenters. The van der Waals surface area contributed by atoms with E-state index >= 15 is 0 Å². The number of allylic oxidation sites excluding steroid dienone is 1. The maximum absolute atomic E-state index is 12.9. The van der Waals surface area contributed by atoms with E-state index in [4.69, 9.17) is 5.73 Å². The summed E-state index contributed by atoms with van der Waals surface area (Å²) >= 11 is 0. The topological polar surface area (TPSA) is 109 Å². The number of Topliss-reactive ketones (excluding diaryl/α,β-unsaturated/α-hetero) is 1. The first-order chi connectivity index (χ1) is 13.0. The quantitative estimate of drug-likeness (QED) is 0.857. The lowest BCUT2D eigenvalue weighted by atomic mass is 9.99. The van der Waals surface area contributed by atoms with Crippen LogP contribution in [0.25, 0.3) is 5.57 Å². The van der Waals surface area contributed by atoms with E-state index in [9.17, 15) is 14.4 Å². The molecule has 0 atom stereocenters. The second kappa shape index (κ2) is 6.83. The molecule has 1 aromatic carbocycles. The molecule has 3 N–H and O–H groups in total. The minimum atomic E-state index is -0.246. The van der Waals surface area contributed by atoms with Gasteiger partial charge < -0.3 is 10.6 Å². The molecule has 1 aromatic heterocycles. The van der Waals surface area contributed by atoms with Gasteiger partial charge in [0.2, 0.25) is 11.9 Å². The number of fused-ring (bicyclic) bond motifs is 1. The number of hydrogen-bond acceptors (Lipinski definition) is 5. The number of amides is 1. The van der Waals surface area contributed by atoms with Gasteiger partial charge in [-0.05, 0) is 24.0 Å². The third kappa shape index (κ3) is 3.28. The van der Waals surface area contributed by atoms with E-state index in [-0.39, 0.29) is 36.2 Å². The molecule has 0 radical (unpaired) electrons. The van der Waals surface area contributed by atoms with Crippen molar-refractivity contribution in [2.45, 2.75) is 32.2 Å². The number of aromatic nitrogens is 2. The molecule has 7 nitrogen and oxygen atoms in total. The van der Waals surface area contributed by atoms with Gasteiger partial charge in [0.25, 0.3) is 5.56 Å². The molecule has 2 aromatic rings. The number of carbonyl (C=O) groups excluding carboxylic acids is 2. The standard InChI is InChI=1S/C20H20N4O3/c21-20-22-16-11-24(9-8-14(16)19(27)23-20)18(26)10-15-13(6-7-17(15)25)12-4-2-1-3-5-12/h1-5H,6-11H2,(H3,21,22,23,27). The molecule has 0 bridgehead atoms. The third-order valence-electron chi connectivity index (χ3n) is 5.20. The minimum absolute atomic E-state index is 0.0402. The van der Waals surface area contributed by atoms with E-state index < -0.39 is 0 Å². The smallest absolute Gasteiger partial charge is 0.255 e. The summed E-state index contributed by atoms with van der Waals surface area (Å²) in [5.41, 5.74) is 9.05. The number of anilines is 1. The van der Waals surface area contributed by atoms with Gasteiger partial charge in [-0.3, -0.25) is 19.4 Å². The Kier molecular flexibility index (Phi) is 4.35. The van der Waals surface area contributed by atoms with E-state index in [1.165, 1.54) is 0 Å². The van der Waals surface area contributed by atoms with Crippen molar-refractivity contribution in [1.82, 2.24) is 14.9 Å². The van der Waals surface area contributed by atoms with Gasteiger partial charge in [-0.15, -0.1) is 0 Å². The number of H-pyrrole nitrogens is 1. The fourth-order valence-corrected chi connectivity index (χ4v) is 3.81. The van der Waals surface area contributed by atoms with Crippen LogP contribution in [0.3, 0.4) is 0 Å². The van der Waals surface area contributed by atoms with Gasteiger partial charge in [0.15, 0.2) is 5.78 Å². The Labute approximate surface area is 155 Å². The molecule has 0 spiro atoms. The fraction of sp³-hybridized carbons (Fsp3) is 0.300. The highest BCUT2D eigenvalue weighted by atomic mass is 16.2. The normalized spacial score (nSPS) is 16.6. The van der Waals surface area contributed by atoms with Gasteiger partial charge in [0.1, 0.15) is 0 Å². The summed E-state index contributed by atoms with van der Waals surface area (Å²) in [5.74, 6) is -0.0356. The molecule has 2 aliphatic rings. The number of nitrogens with one attached hydrogen (secondary N) is 1. The molecule has 138 valence electrons. The lowest BCUT2D eigenvalue weighted by Crippen LogP contribution is -2.39. The zero-order chi connectivity index (χ0) is 19.0. The number of rotatable bonds is 3. The van der Waals surface area contributed by atoms with E-state index in [1.54, 1.807) is 4.90 Å². The van der Waals surface area contributed by atoms with Gasteiger partial charge in [-0.25, -0.2) is 4.98 Å². The van der Waals surface area contributed by atoms with E-state index in [2.05, 4.69) is 9.97 Å². The van der Waals surface area contributed by atoms with Crippen LogP contribution in [0.5, 0.6) is 0 Å². The molecule has 1 aliphatic heterocycles. The van der Waals surface area contributed by atoms with E-state index in [0.29, 0.717) is 42.6 Å². The van der Waals surface area contributed by atoms with Crippen molar-refractivity contribution in [3.8, 4) is 0 Å². The fourth-order valence-electron chi connectivity index (χ4n) is 3.81. The molecule has 0 saturated carbocycles. The first-order valence-corrected chi connectivity index (χ1v) is 8.99. The van der Waals surface area contributed by atoms with Crippen LogP contribution >= 0.6 is 0 Å². The number of benzene rings is 1. The summed E-state index contributed by atoms with van der Waals surface area (Å²) in [7, 11) is 0. The predicted molar refractivity (Wildman–Crippen MR) is 101 cm³/mol.